The summed E-state index contributed by atoms with van der Waals surface area (Å²) in [5, 5.41) is 2.77. The summed E-state index contributed by atoms with van der Waals surface area (Å²) in [6.45, 7) is 23.8. The first kappa shape index (κ1) is 34.4. The van der Waals surface area contributed by atoms with Crippen LogP contribution in [-0.4, -0.2) is 29.8 Å². The van der Waals surface area contributed by atoms with Gasteiger partial charge in [0.15, 0.2) is 0 Å². The number of alkyl carbamates (subject to hydrolysis) is 1. The maximum Gasteiger partial charge on any atom is 0.408 e. The molecule has 0 aromatic carbocycles. The molecule has 0 heterocycles. The lowest BCUT2D eigenvalue weighted by Gasteiger charge is -2.58. The highest BCUT2D eigenvalue weighted by Gasteiger charge is 2.59. The van der Waals surface area contributed by atoms with Gasteiger partial charge in [0.1, 0.15) is 17.7 Å². The van der Waals surface area contributed by atoms with Crippen LogP contribution >= 0.6 is 0 Å². The quantitative estimate of drug-likeness (QED) is 0.212. The van der Waals surface area contributed by atoms with Crippen LogP contribution in [0.4, 0.5) is 4.79 Å². The second kappa shape index (κ2) is 13.1. The molecule has 246 valence electrons. The zero-order valence-corrected chi connectivity index (χ0v) is 29.6. The van der Waals surface area contributed by atoms with Crippen LogP contribution in [0.25, 0.3) is 0 Å². The van der Waals surface area contributed by atoms with Gasteiger partial charge in [0, 0.05) is 0 Å². The minimum absolute atomic E-state index is 0.0952. The molecule has 0 aromatic rings. The van der Waals surface area contributed by atoms with Crippen LogP contribution in [0.15, 0.2) is 11.6 Å². The van der Waals surface area contributed by atoms with Crippen molar-refractivity contribution in [3.8, 4) is 0 Å². The summed E-state index contributed by atoms with van der Waals surface area (Å²) < 4.78 is 11.6. The van der Waals surface area contributed by atoms with Crippen molar-refractivity contribution in [3.63, 3.8) is 0 Å². The van der Waals surface area contributed by atoms with E-state index in [1.54, 1.807) is 5.57 Å². The van der Waals surface area contributed by atoms with E-state index in [9.17, 15) is 9.59 Å². The summed E-state index contributed by atoms with van der Waals surface area (Å²) in [6.07, 6.45) is 14.8. The summed E-state index contributed by atoms with van der Waals surface area (Å²) in [5.41, 5.74) is 2.05. The monoisotopic (exact) mass is 599 g/mol. The van der Waals surface area contributed by atoms with Gasteiger partial charge in [0.05, 0.1) is 0 Å². The molecule has 0 saturated heterocycles. The van der Waals surface area contributed by atoms with Gasteiger partial charge in [-0.25, -0.2) is 9.59 Å². The Kier molecular flexibility index (Phi) is 10.4. The van der Waals surface area contributed by atoms with Gasteiger partial charge in [-0.15, -0.1) is 0 Å². The Morgan fingerprint density at radius 1 is 0.953 bits per heavy atom. The fourth-order valence-electron chi connectivity index (χ4n) is 10.1. The first-order valence-electron chi connectivity index (χ1n) is 17.9. The van der Waals surface area contributed by atoms with Crippen LogP contribution in [0.5, 0.6) is 0 Å². The average molecular weight is 600 g/mol. The van der Waals surface area contributed by atoms with Crippen molar-refractivity contribution >= 4 is 12.1 Å². The Morgan fingerprint density at radius 2 is 1.65 bits per heavy atom. The summed E-state index contributed by atoms with van der Waals surface area (Å²) in [7, 11) is 0. The Morgan fingerprint density at radius 3 is 2.28 bits per heavy atom. The van der Waals surface area contributed by atoms with Gasteiger partial charge in [-0.3, -0.25) is 0 Å². The van der Waals surface area contributed by atoms with Gasteiger partial charge in [-0.2, -0.15) is 0 Å². The van der Waals surface area contributed by atoms with Gasteiger partial charge in [0.25, 0.3) is 0 Å². The molecule has 0 unspecified atom stereocenters. The molecule has 1 amide bonds. The van der Waals surface area contributed by atoms with Gasteiger partial charge in [0.2, 0.25) is 0 Å². The predicted octanol–water partition coefficient (Wildman–Crippen LogP) is 9.73. The summed E-state index contributed by atoms with van der Waals surface area (Å²) in [4.78, 5) is 25.8. The van der Waals surface area contributed by atoms with E-state index in [2.05, 4.69) is 52.9 Å². The number of carbonyl (C=O) groups is 2. The van der Waals surface area contributed by atoms with Crippen LogP contribution in [0.2, 0.25) is 0 Å². The van der Waals surface area contributed by atoms with E-state index in [0.717, 1.165) is 42.4 Å². The van der Waals surface area contributed by atoms with E-state index < -0.39 is 17.7 Å². The molecule has 0 aromatic heterocycles. The molecule has 10 atom stereocenters. The maximum absolute atomic E-state index is 13.3. The third kappa shape index (κ3) is 7.32. The number of nitrogens with one attached hydrogen (secondary N) is 1. The van der Waals surface area contributed by atoms with Crippen LogP contribution in [0.3, 0.4) is 0 Å². The number of carbonyl (C=O) groups excluding carboxylic acids is 2. The Balaban J connectivity index is 1.37. The lowest BCUT2D eigenvalue weighted by Crippen LogP contribution is -2.50. The molecule has 4 aliphatic carbocycles. The number of hydrogen-bond donors (Lipinski definition) is 1. The Hall–Kier alpha value is -1.52. The number of ether oxygens (including phenoxy) is 2. The van der Waals surface area contributed by atoms with E-state index in [0.29, 0.717) is 16.7 Å². The minimum atomic E-state index is -0.725. The van der Waals surface area contributed by atoms with E-state index in [4.69, 9.17) is 9.47 Å². The van der Waals surface area contributed by atoms with Crippen molar-refractivity contribution in [2.45, 2.75) is 158 Å². The topological polar surface area (TPSA) is 64.6 Å². The number of hydrogen-bond acceptors (Lipinski definition) is 4. The Bertz CT molecular complexity index is 1030. The Labute approximate surface area is 264 Å². The molecule has 0 spiro atoms. The second-order valence-electron chi connectivity index (χ2n) is 17.5. The highest BCUT2D eigenvalue weighted by atomic mass is 16.6. The molecular weight excluding hydrogens is 534 g/mol. The number of amides is 1. The number of rotatable bonds is 9. The molecule has 4 aliphatic rings. The van der Waals surface area contributed by atoms with E-state index in [-0.39, 0.29) is 23.9 Å². The van der Waals surface area contributed by atoms with Crippen LogP contribution in [0, 0.1) is 58.2 Å². The van der Waals surface area contributed by atoms with Crippen molar-refractivity contribution in [3.05, 3.63) is 11.6 Å². The molecule has 5 heteroatoms. The third-order valence-corrected chi connectivity index (χ3v) is 12.6. The normalized spacial score (nSPS) is 36.1. The molecule has 0 radical (unpaired) electrons. The predicted molar refractivity (Wildman–Crippen MR) is 175 cm³/mol. The molecule has 3 saturated carbocycles. The second-order valence-corrected chi connectivity index (χ2v) is 17.5. The van der Waals surface area contributed by atoms with E-state index >= 15 is 0 Å². The van der Waals surface area contributed by atoms with Crippen molar-refractivity contribution in [1.82, 2.24) is 5.32 Å². The van der Waals surface area contributed by atoms with Crippen molar-refractivity contribution in [1.29, 1.82) is 0 Å². The molecule has 1 N–H and O–H groups in total. The van der Waals surface area contributed by atoms with Crippen molar-refractivity contribution in [2.24, 2.45) is 58.2 Å². The summed E-state index contributed by atoms with van der Waals surface area (Å²) in [6, 6.07) is -0.725. The van der Waals surface area contributed by atoms with Gasteiger partial charge in [-0.05, 0) is 143 Å². The van der Waals surface area contributed by atoms with Gasteiger partial charge >= 0.3 is 12.1 Å². The number of esters is 1. The van der Waals surface area contributed by atoms with E-state index in [1.165, 1.54) is 51.4 Å². The van der Waals surface area contributed by atoms with Crippen molar-refractivity contribution < 1.29 is 19.1 Å². The molecule has 4 rings (SSSR count). The zero-order chi connectivity index (χ0) is 31.9. The molecule has 3 fully saturated rings. The summed E-state index contributed by atoms with van der Waals surface area (Å²) in [5.74, 6) is 4.54. The van der Waals surface area contributed by atoms with Crippen LogP contribution in [0.1, 0.15) is 140 Å². The minimum Gasteiger partial charge on any atom is -0.461 e. The molecule has 0 aliphatic heterocycles. The standard InChI is InChI=1S/C38H65NO4/c1-23(2)32(42-34(40)33(24(3)4)39-35(41)43-36(7,8)9)17-12-26(6)29-15-16-30-28-14-13-27-22-25(5)18-20-37(27,10)31(28)19-21-38(29,30)11/h13,23-26,28-33H,12,14-22H2,1-11H3,(H,39,41)/t25-,26+,28-,29+,30-,31-,32-,33-,37-,38+/m0/s1. The number of allylic oxidation sites excluding steroid dienone is 2. The van der Waals surface area contributed by atoms with Gasteiger partial charge < -0.3 is 14.8 Å². The van der Waals surface area contributed by atoms with E-state index in [1.807, 2.05) is 34.6 Å². The summed E-state index contributed by atoms with van der Waals surface area (Å²) >= 11 is 0. The van der Waals surface area contributed by atoms with Crippen molar-refractivity contribution in [2.75, 3.05) is 0 Å². The van der Waals surface area contributed by atoms with Crippen LogP contribution in [-0.2, 0) is 14.3 Å². The highest BCUT2D eigenvalue weighted by molar-refractivity contribution is 5.81. The SMILES string of the molecule is CC(C)[C@H](CC[C@@H](C)[C@H]1CC[C@H]2[C@@H]3CC=C4C[C@@H](C)CC[C@]4(C)[C@H]3CC[C@]12C)OC(=O)[C@@H](NC(=O)OC(C)(C)C)C(C)C. The fraction of sp³-hybridized carbons (Fsp3) is 0.895. The lowest BCUT2D eigenvalue weighted by molar-refractivity contribution is -0.155. The molecular formula is C38H65NO4. The maximum atomic E-state index is 13.3. The first-order valence-corrected chi connectivity index (χ1v) is 17.9. The first-order chi connectivity index (χ1) is 20.0. The smallest absolute Gasteiger partial charge is 0.408 e. The van der Waals surface area contributed by atoms with Crippen LogP contribution < -0.4 is 5.32 Å². The lowest BCUT2D eigenvalue weighted by atomic mass is 9.46. The largest absolute Gasteiger partial charge is 0.461 e. The molecule has 0 bridgehead atoms. The molecule has 43 heavy (non-hydrogen) atoms. The third-order valence-electron chi connectivity index (χ3n) is 12.6. The fourth-order valence-corrected chi connectivity index (χ4v) is 10.1. The average Bonchev–Trinajstić information content (AvgIpc) is 3.25. The van der Waals surface area contributed by atoms with Gasteiger partial charge in [-0.1, -0.05) is 67.0 Å². The molecule has 5 nitrogen and oxygen atoms in total. The zero-order valence-electron chi connectivity index (χ0n) is 29.6. The number of fused-ring (bicyclic) bond motifs is 5. The highest BCUT2D eigenvalue weighted by Crippen LogP contribution is 2.67.